The number of fused-ring (bicyclic) bond motifs is 1. The Morgan fingerprint density at radius 1 is 1.28 bits per heavy atom. The van der Waals surface area contributed by atoms with Crippen molar-refractivity contribution in [2.75, 3.05) is 19.3 Å². The minimum absolute atomic E-state index is 0.0496. The second kappa shape index (κ2) is 8.51. The number of benzene rings is 1. The number of amides is 1. The number of quaternary nitrogens is 1. The summed E-state index contributed by atoms with van der Waals surface area (Å²) in [6, 6.07) is 10.8. The van der Waals surface area contributed by atoms with Gasteiger partial charge in [0.25, 0.3) is 5.78 Å². The molecule has 1 aliphatic heterocycles. The van der Waals surface area contributed by atoms with Crippen LogP contribution in [0.3, 0.4) is 0 Å². The summed E-state index contributed by atoms with van der Waals surface area (Å²) in [6.45, 7) is 6.97. The quantitative estimate of drug-likeness (QED) is 0.592. The largest absolute Gasteiger partial charge is 0.347 e. The lowest BCUT2D eigenvalue weighted by Crippen LogP contribution is -3.09. The third kappa shape index (κ3) is 4.43. The number of carbonyl (C=O) groups is 1. The van der Waals surface area contributed by atoms with Gasteiger partial charge in [-0.15, -0.1) is 5.10 Å². The zero-order valence-electron chi connectivity index (χ0n) is 17.1. The van der Waals surface area contributed by atoms with Gasteiger partial charge in [0.05, 0.1) is 25.6 Å². The molecule has 3 heterocycles. The normalized spacial score (nSPS) is 19.0. The molecule has 1 unspecified atom stereocenters. The number of hydrogen-bond acceptors (Lipinski definition) is 5. The second-order valence-electron chi connectivity index (χ2n) is 7.67. The zero-order valence-corrected chi connectivity index (χ0v) is 17.9. The van der Waals surface area contributed by atoms with Gasteiger partial charge in [0.15, 0.2) is 0 Å². The summed E-state index contributed by atoms with van der Waals surface area (Å²) in [6.07, 6.45) is 3.28. The van der Waals surface area contributed by atoms with Crippen LogP contribution < -0.4 is 10.2 Å². The van der Waals surface area contributed by atoms with Crippen LogP contribution in [0.1, 0.15) is 28.9 Å². The number of thioether (sulfide) groups is 1. The van der Waals surface area contributed by atoms with Crippen molar-refractivity contribution in [1.82, 2.24) is 24.9 Å². The van der Waals surface area contributed by atoms with Crippen LogP contribution in [0, 0.1) is 13.8 Å². The molecule has 1 fully saturated rings. The fourth-order valence-corrected chi connectivity index (χ4v) is 4.41. The van der Waals surface area contributed by atoms with Crippen molar-refractivity contribution in [3.05, 3.63) is 52.8 Å². The Bertz CT molecular complexity index is 1020. The highest BCUT2D eigenvalue weighted by Crippen LogP contribution is 2.17. The topological polar surface area (TPSA) is 76.6 Å². The smallest absolute Gasteiger partial charge is 0.253 e. The maximum atomic E-state index is 12.7. The van der Waals surface area contributed by atoms with Crippen LogP contribution in [0.15, 0.2) is 35.5 Å². The third-order valence-electron chi connectivity index (χ3n) is 5.59. The molecular weight excluding hydrogens is 384 g/mol. The SMILES string of the molecule is CSc1nc2nc(C)c(CC(=O)N[C@@H]3CC[NH+](Cc4ccccc4)C3)c(C)n2n1. The van der Waals surface area contributed by atoms with Crippen molar-refractivity contribution >= 4 is 23.4 Å². The number of aryl methyl sites for hydroxylation is 2. The standard InChI is InChI=1S/C21H26N6OS/c1-14-18(15(2)27-20(22-14)24-21(25-27)29-3)11-19(28)23-17-9-10-26(13-17)12-16-7-5-4-6-8-16/h4-8,17H,9-13H2,1-3H3,(H,23,28)/p+1/t17-/m1/s1. The first-order valence-electron chi connectivity index (χ1n) is 9.97. The minimum Gasteiger partial charge on any atom is -0.347 e. The van der Waals surface area contributed by atoms with Crippen LogP contribution in [0.2, 0.25) is 0 Å². The van der Waals surface area contributed by atoms with Crippen LogP contribution in [-0.2, 0) is 17.8 Å². The van der Waals surface area contributed by atoms with E-state index in [2.05, 4.69) is 44.6 Å². The Hall–Kier alpha value is -2.45. The first-order chi connectivity index (χ1) is 14.0. The van der Waals surface area contributed by atoms with Gasteiger partial charge in [-0.25, -0.2) is 9.50 Å². The fourth-order valence-electron chi connectivity index (χ4n) is 4.07. The molecule has 8 heteroatoms. The maximum absolute atomic E-state index is 12.7. The summed E-state index contributed by atoms with van der Waals surface area (Å²) in [4.78, 5) is 23.2. The summed E-state index contributed by atoms with van der Waals surface area (Å²) < 4.78 is 1.74. The Labute approximate surface area is 174 Å². The Morgan fingerprint density at radius 2 is 2.07 bits per heavy atom. The van der Waals surface area contributed by atoms with Crippen molar-refractivity contribution in [1.29, 1.82) is 0 Å². The van der Waals surface area contributed by atoms with E-state index >= 15 is 0 Å². The van der Waals surface area contributed by atoms with Crippen molar-refractivity contribution in [3.63, 3.8) is 0 Å². The van der Waals surface area contributed by atoms with E-state index in [0.717, 1.165) is 43.0 Å². The molecule has 3 aromatic rings. The van der Waals surface area contributed by atoms with E-state index in [-0.39, 0.29) is 11.9 Å². The number of nitrogens with zero attached hydrogens (tertiary/aromatic N) is 4. The van der Waals surface area contributed by atoms with Gasteiger partial charge in [-0.2, -0.15) is 4.98 Å². The van der Waals surface area contributed by atoms with Gasteiger partial charge in [-0.05, 0) is 20.1 Å². The number of hydrogen-bond donors (Lipinski definition) is 2. The fraction of sp³-hybridized carbons (Fsp3) is 0.429. The molecule has 1 aliphatic rings. The van der Waals surface area contributed by atoms with E-state index in [4.69, 9.17) is 0 Å². The molecule has 1 amide bonds. The minimum atomic E-state index is 0.0496. The highest BCUT2D eigenvalue weighted by atomic mass is 32.2. The highest BCUT2D eigenvalue weighted by Gasteiger charge is 2.28. The maximum Gasteiger partial charge on any atom is 0.253 e. The van der Waals surface area contributed by atoms with Gasteiger partial charge in [-0.1, -0.05) is 42.1 Å². The van der Waals surface area contributed by atoms with Crippen molar-refractivity contribution in [3.8, 4) is 0 Å². The predicted molar refractivity (Wildman–Crippen MR) is 113 cm³/mol. The molecule has 0 aliphatic carbocycles. The van der Waals surface area contributed by atoms with E-state index in [1.807, 2.05) is 26.2 Å². The average molecular weight is 412 g/mol. The molecule has 4 rings (SSSR count). The van der Waals surface area contributed by atoms with E-state index in [0.29, 0.717) is 17.4 Å². The molecule has 152 valence electrons. The lowest BCUT2D eigenvalue weighted by Gasteiger charge is -2.15. The predicted octanol–water partition coefficient (Wildman–Crippen LogP) is 0.979. The Kier molecular flexibility index (Phi) is 5.82. The van der Waals surface area contributed by atoms with Gasteiger partial charge in [0.2, 0.25) is 11.1 Å². The lowest BCUT2D eigenvalue weighted by atomic mass is 10.1. The van der Waals surface area contributed by atoms with Gasteiger partial charge < -0.3 is 10.2 Å². The van der Waals surface area contributed by atoms with E-state index in [1.54, 1.807) is 4.52 Å². The molecule has 0 radical (unpaired) electrons. The number of likely N-dealkylation sites (tertiary alicyclic amines) is 1. The molecule has 1 saturated heterocycles. The zero-order chi connectivity index (χ0) is 20.4. The lowest BCUT2D eigenvalue weighted by molar-refractivity contribution is -0.901. The van der Waals surface area contributed by atoms with Gasteiger partial charge in [0, 0.05) is 28.9 Å². The van der Waals surface area contributed by atoms with Crippen molar-refractivity contribution in [2.24, 2.45) is 0 Å². The average Bonchev–Trinajstić information content (AvgIpc) is 3.32. The number of carbonyl (C=O) groups excluding carboxylic acids is 1. The summed E-state index contributed by atoms with van der Waals surface area (Å²) in [5, 5.41) is 8.38. The molecule has 0 saturated carbocycles. The number of aromatic nitrogens is 4. The summed E-state index contributed by atoms with van der Waals surface area (Å²) in [5.74, 6) is 0.637. The summed E-state index contributed by atoms with van der Waals surface area (Å²) >= 11 is 1.49. The molecule has 29 heavy (non-hydrogen) atoms. The first kappa shape index (κ1) is 19.8. The monoisotopic (exact) mass is 411 g/mol. The molecule has 1 aromatic carbocycles. The van der Waals surface area contributed by atoms with E-state index < -0.39 is 0 Å². The molecule has 2 atom stereocenters. The number of nitrogens with one attached hydrogen (secondary N) is 2. The molecular formula is C21H27N6OS+. The molecule has 0 spiro atoms. The third-order valence-corrected chi connectivity index (χ3v) is 6.13. The number of rotatable bonds is 6. The van der Waals surface area contributed by atoms with Crippen LogP contribution in [0.25, 0.3) is 5.78 Å². The van der Waals surface area contributed by atoms with Crippen molar-refractivity contribution in [2.45, 2.75) is 44.4 Å². The van der Waals surface area contributed by atoms with E-state index in [1.165, 1.54) is 22.2 Å². The molecule has 7 nitrogen and oxygen atoms in total. The Morgan fingerprint density at radius 3 is 2.83 bits per heavy atom. The first-order valence-corrected chi connectivity index (χ1v) is 11.2. The van der Waals surface area contributed by atoms with Gasteiger partial charge in [0.1, 0.15) is 6.54 Å². The van der Waals surface area contributed by atoms with Gasteiger partial charge in [-0.3, -0.25) is 4.79 Å². The van der Waals surface area contributed by atoms with Gasteiger partial charge >= 0.3 is 0 Å². The molecule has 2 N–H and O–H groups in total. The molecule has 0 bridgehead atoms. The Balaban J connectivity index is 1.39. The van der Waals surface area contributed by atoms with Crippen LogP contribution in [0.4, 0.5) is 0 Å². The van der Waals surface area contributed by atoms with E-state index in [9.17, 15) is 4.79 Å². The van der Waals surface area contributed by atoms with Crippen LogP contribution in [-0.4, -0.2) is 50.9 Å². The van der Waals surface area contributed by atoms with Crippen LogP contribution in [0.5, 0.6) is 0 Å². The second-order valence-corrected chi connectivity index (χ2v) is 8.44. The molecule has 2 aromatic heterocycles. The highest BCUT2D eigenvalue weighted by molar-refractivity contribution is 7.98. The summed E-state index contributed by atoms with van der Waals surface area (Å²) in [7, 11) is 0. The van der Waals surface area contributed by atoms with Crippen LogP contribution >= 0.6 is 11.8 Å². The van der Waals surface area contributed by atoms with Crippen molar-refractivity contribution < 1.29 is 9.69 Å². The summed E-state index contributed by atoms with van der Waals surface area (Å²) in [5.41, 5.74) is 4.04.